The number of phenols is 1. The maximum Gasteiger partial charge on any atom is 0.301 e. The Morgan fingerprint density at radius 2 is 1.58 bits per heavy atom. The predicted molar refractivity (Wildman–Crippen MR) is 203 cm³/mol. The van der Waals surface area contributed by atoms with Crippen LogP contribution < -0.4 is 19.4 Å². The number of ether oxygens (including phenoxy) is 1. The van der Waals surface area contributed by atoms with E-state index in [1.807, 2.05) is 0 Å². The van der Waals surface area contributed by atoms with Gasteiger partial charge in [0, 0.05) is 36.6 Å². The van der Waals surface area contributed by atoms with Crippen molar-refractivity contribution in [1.29, 1.82) is 0 Å². The van der Waals surface area contributed by atoms with Crippen molar-refractivity contribution in [2.24, 2.45) is 29.1 Å². The number of hydrogen-bond acceptors (Lipinski definition) is 11. The molecule has 7 rings (SSSR count). The van der Waals surface area contributed by atoms with Crippen LogP contribution in [0.2, 0.25) is 5.02 Å². The van der Waals surface area contributed by atoms with Gasteiger partial charge in [-0.1, -0.05) is 23.3 Å². The second kappa shape index (κ2) is 13.4. The van der Waals surface area contributed by atoms with Crippen molar-refractivity contribution in [2.45, 2.75) is 25.7 Å². The molecule has 55 heavy (non-hydrogen) atoms. The summed E-state index contributed by atoms with van der Waals surface area (Å²) in [6.07, 6.45) is 1.65. The number of anilines is 3. The molecule has 3 fully saturated rings. The minimum absolute atomic E-state index is 0.0117. The van der Waals surface area contributed by atoms with Crippen molar-refractivity contribution in [2.75, 3.05) is 35.9 Å². The highest BCUT2D eigenvalue weighted by Crippen LogP contribution is 2.65. The summed E-state index contributed by atoms with van der Waals surface area (Å²) < 4.78 is 20.2. The van der Waals surface area contributed by atoms with Crippen LogP contribution in [0.15, 0.2) is 57.0 Å². The van der Waals surface area contributed by atoms with E-state index in [1.54, 1.807) is 13.0 Å². The summed E-state index contributed by atoms with van der Waals surface area (Å²) in [5.74, 6) is -8.88. The molecular weight excluding hydrogens is 877 g/mol. The fourth-order valence-electron chi connectivity index (χ4n) is 8.92. The molecule has 2 aliphatic carbocycles. The highest BCUT2D eigenvalue weighted by atomic mass is 79.9. The van der Waals surface area contributed by atoms with Crippen LogP contribution in [-0.2, 0) is 19.2 Å². The number of carbonyl (C=O) groups is 4. The van der Waals surface area contributed by atoms with Crippen molar-refractivity contribution >= 4 is 95.5 Å². The summed E-state index contributed by atoms with van der Waals surface area (Å²) in [6, 6.07) is 6.86. The number of rotatable bonds is 7. The highest BCUT2D eigenvalue weighted by molar-refractivity contribution is 9.13. The van der Waals surface area contributed by atoms with Crippen LogP contribution in [-0.4, -0.2) is 59.8 Å². The fourth-order valence-corrected chi connectivity index (χ4v) is 10.0. The van der Waals surface area contributed by atoms with Gasteiger partial charge >= 0.3 is 11.4 Å². The molecule has 3 aromatic carbocycles. The number of halogens is 4. The first-order chi connectivity index (χ1) is 25.9. The lowest BCUT2D eigenvalue weighted by molar-refractivity contribution is -0.392. The van der Waals surface area contributed by atoms with E-state index in [2.05, 4.69) is 31.9 Å². The molecule has 2 saturated heterocycles. The maximum absolute atomic E-state index is 14.8. The number of methoxy groups -OCH3 is 1. The van der Waals surface area contributed by atoms with E-state index >= 15 is 0 Å². The topological polar surface area (TPSA) is 194 Å². The number of imide groups is 2. The molecule has 4 amide bonds. The van der Waals surface area contributed by atoms with Crippen molar-refractivity contribution in [3.63, 3.8) is 0 Å². The quantitative estimate of drug-likeness (QED) is 0.111. The lowest BCUT2D eigenvalue weighted by Gasteiger charge is -2.49. The zero-order valence-electron chi connectivity index (χ0n) is 29.2. The van der Waals surface area contributed by atoms with Gasteiger partial charge in [0.1, 0.15) is 5.82 Å². The molecule has 1 N–H and O–H groups in total. The normalized spacial score (nSPS) is 25.7. The molecule has 15 nitrogen and oxygen atoms in total. The van der Waals surface area contributed by atoms with Crippen LogP contribution in [0, 0.1) is 55.1 Å². The van der Waals surface area contributed by atoms with E-state index in [-0.39, 0.29) is 50.9 Å². The molecule has 19 heteroatoms. The second-order valence-electron chi connectivity index (χ2n) is 14.2. The minimum Gasteiger partial charge on any atom is -0.503 e. The Balaban J connectivity index is 1.40. The fraction of sp³-hybridized carbons (Fsp3) is 0.333. The number of hydrogen-bond donors (Lipinski definition) is 1. The van der Waals surface area contributed by atoms with Gasteiger partial charge in [-0.2, -0.15) is 0 Å². The van der Waals surface area contributed by atoms with Crippen molar-refractivity contribution in [3.05, 3.63) is 93.6 Å². The molecule has 0 aromatic heterocycles. The van der Waals surface area contributed by atoms with Crippen LogP contribution >= 0.6 is 43.5 Å². The summed E-state index contributed by atoms with van der Waals surface area (Å²) in [5, 5.41) is 34.8. The first-order valence-corrected chi connectivity index (χ1v) is 18.6. The summed E-state index contributed by atoms with van der Waals surface area (Å²) in [5.41, 5.74) is -2.64. The van der Waals surface area contributed by atoms with Gasteiger partial charge < -0.3 is 14.7 Å². The molecule has 0 radical (unpaired) electrons. The van der Waals surface area contributed by atoms with Crippen LogP contribution in [0.5, 0.6) is 11.5 Å². The number of aromatic hydroxyl groups is 1. The minimum atomic E-state index is -1.55. The number of phenolic OH excluding ortho intramolecular Hbond substituents is 1. The smallest absolute Gasteiger partial charge is 0.301 e. The number of benzene rings is 3. The first-order valence-electron chi connectivity index (χ1n) is 16.7. The zero-order chi connectivity index (χ0) is 40.2. The third kappa shape index (κ3) is 5.46. The van der Waals surface area contributed by atoms with Crippen molar-refractivity contribution < 1.29 is 43.3 Å². The lowest BCUT2D eigenvalue weighted by atomic mass is 9.51. The SMILES string of the molecule is COc1cc([C@H]2C3=CC[C@@H]4C(=O)N(c5cc([N+](=O)[O-])c(N(C)C)c([N+](=O)[O-])c5)C(=O)[C@@H]4[C@@H]3C[C@H]3C(=O)N(c4ccc(F)c(Cl)c4)C(=O)[C@@]23C)c(Br)c(Br)c1O. The average molecular weight is 906 g/mol. The third-order valence-corrected chi connectivity index (χ3v) is 13.7. The van der Waals surface area contributed by atoms with Crippen molar-refractivity contribution in [1.82, 2.24) is 0 Å². The van der Waals surface area contributed by atoms with E-state index in [1.165, 1.54) is 38.2 Å². The van der Waals surface area contributed by atoms with Gasteiger partial charge in [-0.25, -0.2) is 14.2 Å². The van der Waals surface area contributed by atoms with Gasteiger partial charge in [-0.3, -0.25) is 39.4 Å². The molecule has 1 saturated carbocycles. The number of carbonyl (C=O) groups excluding carboxylic acids is 4. The highest BCUT2D eigenvalue weighted by Gasteiger charge is 2.68. The molecule has 0 bridgehead atoms. The van der Waals surface area contributed by atoms with Crippen LogP contribution in [0.25, 0.3) is 0 Å². The zero-order valence-corrected chi connectivity index (χ0v) is 33.1. The van der Waals surface area contributed by atoms with Gasteiger partial charge in [0.2, 0.25) is 23.6 Å². The molecule has 4 aliphatic rings. The van der Waals surface area contributed by atoms with Gasteiger partial charge in [-0.05, 0) is 87.4 Å². The Hall–Kier alpha value is -4.94. The Morgan fingerprint density at radius 1 is 0.945 bits per heavy atom. The molecule has 6 atom stereocenters. The van der Waals surface area contributed by atoms with Crippen molar-refractivity contribution in [3.8, 4) is 11.5 Å². The Morgan fingerprint density at radius 3 is 2.15 bits per heavy atom. The number of allylic oxidation sites excluding steroid dienone is 2. The number of nitro groups is 2. The molecule has 2 heterocycles. The third-order valence-electron chi connectivity index (χ3n) is 11.3. The van der Waals surface area contributed by atoms with E-state index < -0.39 is 85.7 Å². The maximum atomic E-state index is 14.8. The van der Waals surface area contributed by atoms with E-state index in [0.29, 0.717) is 15.6 Å². The standard InChI is InChI=1S/C36H29Br2ClFN5O10/c1-36-20(33(48)43(35(36)50)14-5-8-22(40)21(39)9-14)12-18-16(27(36)19-13-25(55-4)31(46)29(38)28(19)37)6-7-17-26(18)34(49)42(32(17)47)15-10-23(44(51)52)30(41(2)3)24(11-15)45(53)54/h5-6,8-11,13,17-18,20,26-27,46H,7,12H2,1-4H3/t17-,18+,20-,26-,27+,36+/m0/s1. The number of fused-ring (bicyclic) bond motifs is 4. The molecular formula is C36H29Br2ClFN5O10. The van der Waals surface area contributed by atoms with E-state index in [0.717, 1.165) is 34.1 Å². The number of nitrogens with zero attached hydrogens (tertiary/aromatic N) is 5. The van der Waals surface area contributed by atoms with Crippen LogP contribution in [0.4, 0.5) is 32.8 Å². The monoisotopic (exact) mass is 903 g/mol. The van der Waals surface area contributed by atoms with E-state index in [4.69, 9.17) is 16.3 Å². The Kier molecular flexibility index (Phi) is 9.32. The van der Waals surface area contributed by atoms with Crippen LogP contribution in [0.1, 0.15) is 31.2 Å². The summed E-state index contributed by atoms with van der Waals surface area (Å²) in [7, 11) is 4.11. The van der Waals surface area contributed by atoms with E-state index in [9.17, 15) is 48.9 Å². The average Bonchev–Trinajstić information content (AvgIpc) is 3.50. The van der Waals surface area contributed by atoms with Gasteiger partial charge in [0.05, 0.1) is 61.0 Å². The molecule has 0 unspecified atom stereocenters. The summed E-state index contributed by atoms with van der Waals surface area (Å²) in [4.78, 5) is 83.6. The predicted octanol–water partition coefficient (Wildman–Crippen LogP) is 7.04. The molecule has 286 valence electrons. The first kappa shape index (κ1) is 38.3. The molecule has 3 aromatic rings. The summed E-state index contributed by atoms with van der Waals surface area (Å²) in [6.45, 7) is 1.62. The van der Waals surface area contributed by atoms with Crippen LogP contribution in [0.3, 0.4) is 0 Å². The summed E-state index contributed by atoms with van der Waals surface area (Å²) >= 11 is 13.0. The largest absolute Gasteiger partial charge is 0.503 e. The lowest BCUT2D eigenvalue weighted by Crippen LogP contribution is -2.49. The Labute approximate surface area is 333 Å². The number of nitro benzene ring substituents is 2. The second-order valence-corrected chi connectivity index (χ2v) is 16.2. The van der Waals surface area contributed by atoms with Gasteiger partial charge in [0.15, 0.2) is 17.2 Å². The number of amides is 4. The molecule has 0 spiro atoms. The van der Waals surface area contributed by atoms with Gasteiger partial charge in [0.25, 0.3) is 0 Å². The Bertz CT molecular complexity index is 2310. The molecule has 2 aliphatic heterocycles. The van der Waals surface area contributed by atoms with Gasteiger partial charge in [-0.15, -0.1) is 0 Å².